The van der Waals surface area contributed by atoms with Crippen LogP contribution in [0.3, 0.4) is 0 Å². The van der Waals surface area contributed by atoms with Gasteiger partial charge in [-0.25, -0.2) is 4.79 Å². The van der Waals surface area contributed by atoms with Crippen LogP contribution in [0.2, 0.25) is 0 Å². The molecule has 0 unspecified atom stereocenters. The highest BCUT2D eigenvalue weighted by atomic mass is 79.9. The Morgan fingerprint density at radius 3 is 2.37 bits per heavy atom. The highest BCUT2D eigenvalue weighted by Gasteiger charge is 2.39. The number of nitrogens with zero attached hydrogens (tertiary/aromatic N) is 4. The van der Waals surface area contributed by atoms with Crippen LogP contribution in [-0.4, -0.2) is 60.9 Å². The first-order valence-corrected chi connectivity index (χ1v) is 17.1. The normalized spacial score (nSPS) is 15.1. The van der Waals surface area contributed by atoms with E-state index in [9.17, 15) is 45.8 Å². The van der Waals surface area contributed by atoms with Crippen LogP contribution in [0.15, 0.2) is 100 Å². The first-order chi connectivity index (χ1) is 25.5. The molecule has 0 fully saturated rings. The molecule has 0 bridgehead atoms. The molecule has 0 saturated carbocycles. The molecule has 5 aromatic rings. The lowest BCUT2D eigenvalue weighted by molar-refractivity contribution is -0.210. The fourth-order valence-corrected chi connectivity index (χ4v) is 6.54. The van der Waals surface area contributed by atoms with Crippen LogP contribution in [0.25, 0.3) is 16.9 Å². The van der Waals surface area contributed by atoms with Crippen molar-refractivity contribution < 1.29 is 45.8 Å². The number of nitrogens with one attached hydrogen (secondary N) is 1. The molecule has 3 heterocycles. The number of pyridine rings is 1. The Kier molecular flexibility index (Phi) is 10.7. The molecule has 0 aliphatic carbocycles. The van der Waals surface area contributed by atoms with Crippen molar-refractivity contribution in [2.45, 2.75) is 51.1 Å². The fourth-order valence-electron chi connectivity index (χ4n) is 6.07. The lowest BCUT2D eigenvalue weighted by Crippen LogP contribution is -2.47. The van der Waals surface area contributed by atoms with E-state index in [0.29, 0.717) is 11.3 Å². The number of carbonyl (C=O) groups is 2. The van der Waals surface area contributed by atoms with Crippen molar-refractivity contribution in [1.29, 1.82) is 0 Å². The molecular weight excluding hydrogens is 788 g/mol. The summed E-state index contributed by atoms with van der Waals surface area (Å²) in [5.74, 6) is -1.55. The number of hydrogen-bond donors (Lipinski definition) is 2. The van der Waals surface area contributed by atoms with Crippen LogP contribution in [0.1, 0.15) is 44.6 Å². The lowest BCUT2D eigenvalue weighted by atomic mass is 10.0. The minimum atomic E-state index is -4.90. The lowest BCUT2D eigenvalue weighted by Gasteiger charge is -2.34. The largest absolute Gasteiger partial charge is 0.491 e. The van der Waals surface area contributed by atoms with Gasteiger partial charge in [-0.15, -0.1) is 0 Å². The highest BCUT2D eigenvalue weighted by molar-refractivity contribution is 9.10. The monoisotopic (exact) mass is 817 g/mol. The van der Waals surface area contributed by atoms with Crippen molar-refractivity contribution in [1.82, 2.24) is 24.3 Å². The minimum absolute atomic E-state index is 0.0170. The summed E-state index contributed by atoms with van der Waals surface area (Å²) in [6, 6.07) is 20.2. The standard InChI is InChI=1S/C37H30BrF6N5O5/c1-21-18-48-30(19-47(21)34(52)22-9-14-28(38)27(16-22)36(39,40)41)32(33(51)46-17-23-6-2-3-7-26(23)29-8-4-5-15-45-29)49(35(48)53)24-10-12-25(13-11-24)54-20-31(50)37(42,43)44/h2-16,21,31,50H,17-20H2,1H3,(H,46,51)/t21-,31+/m0/s1. The zero-order valence-electron chi connectivity index (χ0n) is 28.2. The summed E-state index contributed by atoms with van der Waals surface area (Å²) in [4.78, 5) is 47.7. The molecule has 1 aliphatic heterocycles. The van der Waals surface area contributed by atoms with Crippen molar-refractivity contribution in [2.24, 2.45) is 0 Å². The van der Waals surface area contributed by atoms with Gasteiger partial charge in [0.05, 0.1) is 29.2 Å². The Hall–Kier alpha value is -5.42. The van der Waals surface area contributed by atoms with Crippen LogP contribution >= 0.6 is 15.9 Å². The summed E-state index contributed by atoms with van der Waals surface area (Å²) in [6.45, 7) is 0.0701. The van der Waals surface area contributed by atoms with E-state index in [4.69, 9.17) is 4.74 Å². The Balaban J connectivity index is 1.37. The van der Waals surface area contributed by atoms with Crippen LogP contribution < -0.4 is 15.7 Å². The van der Waals surface area contributed by atoms with Crippen LogP contribution in [0.5, 0.6) is 5.75 Å². The van der Waals surface area contributed by atoms with Crippen molar-refractivity contribution in [3.8, 4) is 22.7 Å². The molecule has 2 aromatic heterocycles. The van der Waals surface area contributed by atoms with Crippen LogP contribution in [-0.2, 0) is 25.8 Å². The molecule has 54 heavy (non-hydrogen) atoms. The van der Waals surface area contributed by atoms with Gasteiger partial charge in [0.25, 0.3) is 11.8 Å². The zero-order valence-corrected chi connectivity index (χ0v) is 29.7. The first-order valence-electron chi connectivity index (χ1n) is 16.3. The summed E-state index contributed by atoms with van der Waals surface area (Å²) in [5, 5.41) is 12.2. The van der Waals surface area contributed by atoms with Gasteiger partial charge in [-0.05, 0) is 67.1 Å². The Morgan fingerprint density at radius 1 is 1.00 bits per heavy atom. The molecule has 1 aliphatic rings. The van der Waals surface area contributed by atoms with Crippen molar-refractivity contribution >= 4 is 27.7 Å². The van der Waals surface area contributed by atoms with Crippen LogP contribution in [0, 0.1) is 0 Å². The van der Waals surface area contributed by atoms with E-state index in [2.05, 4.69) is 26.2 Å². The zero-order chi connectivity index (χ0) is 38.9. The van der Waals surface area contributed by atoms with Crippen molar-refractivity contribution in [3.63, 3.8) is 0 Å². The molecular formula is C37H30BrF6N5O5. The van der Waals surface area contributed by atoms with Gasteiger partial charge in [0.1, 0.15) is 18.1 Å². The first kappa shape index (κ1) is 38.3. The topological polar surface area (TPSA) is 119 Å². The summed E-state index contributed by atoms with van der Waals surface area (Å²) in [6.07, 6.45) is -10.8. The number of hydrogen-bond acceptors (Lipinski definition) is 6. The molecule has 2 atom stereocenters. The molecule has 3 aromatic carbocycles. The molecule has 2 N–H and O–H groups in total. The van der Waals surface area contributed by atoms with Gasteiger partial charge in [0, 0.05) is 40.9 Å². The summed E-state index contributed by atoms with van der Waals surface area (Å²) < 4.78 is 86.8. The van der Waals surface area contributed by atoms with Gasteiger partial charge in [0.2, 0.25) is 0 Å². The van der Waals surface area contributed by atoms with Gasteiger partial charge < -0.3 is 20.1 Å². The number of aliphatic hydroxyl groups excluding tert-OH is 1. The van der Waals surface area contributed by atoms with E-state index in [1.807, 2.05) is 18.2 Å². The average Bonchev–Trinajstić information content (AvgIpc) is 3.42. The van der Waals surface area contributed by atoms with Gasteiger partial charge in [-0.2, -0.15) is 26.3 Å². The fraction of sp³-hybridized carbons (Fsp3) is 0.243. The van der Waals surface area contributed by atoms with Crippen molar-refractivity contribution in [3.05, 3.63) is 134 Å². The van der Waals surface area contributed by atoms with Gasteiger partial charge >= 0.3 is 18.0 Å². The predicted octanol–water partition coefficient (Wildman–Crippen LogP) is 6.76. The van der Waals surface area contributed by atoms with E-state index >= 15 is 0 Å². The summed E-state index contributed by atoms with van der Waals surface area (Å²) in [7, 11) is 0. The third-order valence-corrected chi connectivity index (χ3v) is 9.51. The molecule has 17 heteroatoms. The number of aromatic nitrogens is 3. The molecule has 0 spiro atoms. The quantitative estimate of drug-likeness (QED) is 0.159. The number of benzene rings is 3. The summed E-state index contributed by atoms with van der Waals surface area (Å²) in [5.41, 5.74) is 0.148. The Labute approximate surface area is 311 Å². The van der Waals surface area contributed by atoms with E-state index in [-0.39, 0.29) is 52.5 Å². The number of amides is 2. The van der Waals surface area contributed by atoms with E-state index < -0.39 is 54.2 Å². The maximum Gasteiger partial charge on any atom is 0.417 e. The van der Waals surface area contributed by atoms with E-state index in [0.717, 1.165) is 22.3 Å². The summed E-state index contributed by atoms with van der Waals surface area (Å²) >= 11 is 2.88. The molecule has 0 saturated heterocycles. The average molecular weight is 819 g/mol. The molecule has 0 radical (unpaired) electrons. The Bertz CT molecular complexity index is 2240. The second kappa shape index (κ2) is 15.1. The molecule has 10 nitrogen and oxygen atoms in total. The number of halogens is 7. The van der Waals surface area contributed by atoms with E-state index in [1.165, 1.54) is 39.8 Å². The second-order valence-corrected chi connectivity index (χ2v) is 13.3. The number of fused-ring (bicyclic) bond motifs is 1. The maximum absolute atomic E-state index is 14.2. The third-order valence-electron chi connectivity index (χ3n) is 8.82. The van der Waals surface area contributed by atoms with Gasteiger partial charge in [-0.1, -0.05) is 46.3 Å². The maximum atomic E-state index is 14.2. The molecule has 6 rings (SSSR count). The molecule has 282 valence electrons. The van der Waals surface area contributed by atoms with Crippen LogP contribution in [0.4, 0.5) is 26.3 Å². The number of imidazole rings is 1. The second-order valence-electron chi connectivity index (χ2n) is 12.4. The number of aliphatic hydroxyl groups is 1. The predicted molar refractivity (Wildman–Crippen MR) is 187 cm³/mol. The highest BCUT2D eigenvalue weighted by Crippen LogP contribution is 2.36. The SMILES string of the molecule is C[C@H]1Cn2c(c(C(=O)NCc3ccccc3-c3ccccn3)n(-c3ccc(OC[C@@H](O)C(F)(F)F)cc3)c2=O)CN1C(=O)c1ccc(Br)c(C(F)(F)F)c1. The molecule has 2 amide bonds. The van der Waals surface area contributed by atoms with Gasteiger partial charge in [-0.3, -0.25) is 23.7 Å². The Morgan fingerprint density at radius 2 is 1.70 bits per heavy atom. The number of rotatable bonds is 9. The number of alkyl halides is 6. The third kappa shape index (κ3) is 7.91. The van der Waals surface area contributed by atoms with Gasteiger partial charge in [0.15, 0.2) is 6.10 Å². The van der Waals surface area contributed by atoms with Crippen molar-refractivity contribution in [2.75, 3.05) is 6.61 Å². The minimum Gasteiger partial charge on any atom is -0.491 e. The number of ether oxygens (including phenoxy) is 1. The van der Waals surface area contributed by atoms with E-state index in [1.54, 1.807) is 37.4 Å². The smallest absolute Gasteiger partial charge is 0.417 e. The number of carbonyl (C=O) groups excluding carboxylic acids is 2.